The predicted octanol–water partition coefficient (Wildman–Crippen LogP) is 5.22. The summed E-state index contributed by atoms with van der Waals surface area (Å²) in [4.78, 5) is 21.9. The highest BCUT2D eigenvalue weighted by Crippen LogP contribution is 2.28. The van der Waals surface area contributed by atoms with Gasteiger partial charge < -0.3 is 15.1 Å². The Balaban J connectivity index is 0.000000856. The molecule has 2 aromatic rings. The zero-order valence-corrected chi connectivity index (χ0v) is 21.1. The van der Waals surface area contributed by atoms with Gasteiger partial charge in [0.2, 0.25) is 0 Å². The summed E-state index contributed by atoms with van der Waals surface area (Å²) in [5.41, 5.74) is 0.315. The zero-order chi connectivity index (χ0) is 28.7. The van der Waals surface area contributed by atoms with Crippen LogP contribution in [0.3, 0.4) is 0 Å². The molecule has 0 aliphatic heterocycles. The van der Waals surface area contributed by atoms with Crippen LogP contribution in [-0.4, -0.2) is 49.8 Å². The van der Waals surface area contributed by atoms with Gasteiger partial charge in [-0.2, -0.15) is 13.2 Å². The Morgan fingerprint density at radius 1 is 0.946 bits per heavy atom. The van der Waals surface area contributed by atoms with Crippen LogP contribution in [0.5, 0.6) is 0 Å². The largest absolute Gasteiger partial charge is 0.490 e. The van der Waals surface area contributed by atoms with Crippen molar-refractivity contribution in [2.24, 2.45) is 11.8 Å². The lowest BCUT2D eigenvalue weighted by atomic mass is 10.1. The van der Waals surface area contributed by atoms with Gasteiger partial charge in [0.25, 0.3) is 10.0 Å². The molecular weight excluding hydrogens is 527 g/mol. The topological polar surface area (TPSA) is 124 Å². The highest BCUT2D eigenvalue weighted by atomic mass is 32.2. The highest BCUT2D eigenvalue weighted by Gasteiger charge is 2.38. The van der Waals surface area contributed by atoms with Crippen molar-refractivity contribution < 1.29 is 50.2 Å². The number of nitrogens with zero attached hydrogens (tertiary/aromatic N) is 1. The van der Waals surface area contributed by atoms with Crippen molar-refractivity contribution in [3.8, 4) is 0 Å². The van der Waals surface area contributed by atoms with Crippen LogP contribution in [0.4, 0.5) is 33.3 Å². The van der Waals surface area contributed by atoms with E-state index in [1.54, 1.807) is 0 Å². The van der Waals surface area contributed by atoms with E-state index in [0.29, 0.717) is 30.9 Å². The molecule has 0 fully saturated rings. The molecule has 0 unspecified atom stereocenters. The van der Waals surface area contributed by atoms with Gasteiger partial charge in [-0.05, 0) is 48.2 Å². The van der Waals surface area contributed by atoms with Gasteiger partial charge >= 0.3 is 18.1 Å². The van der Waals surface area contributed by atoms with Crippen molar-refractivity contribution in [3.63, 3.8) is 0 Å². The molecule has 0 spiro atoms. The fourth-order valence-electron chi connectivity index (χ4n) is 3.09. The van der Waals surface area contributed by atoms with E-state index < -0.39 is 44.7 Å². The smallest absolute Gasteiger partial charge is 0.478 e. The lowest BCUT2D eigenvalue weighted by Gasteiger charge is -2.30. The minimum absolute atomic E-state index is 0.0612. The second-order valence-electron chi connectivity index (χ2n) is 8.71. The number of carbonyl (C=O) groups is 2. The number of aliphatic carboxylic acids is 1. The molecule has 206 valence electrons. The molecule has 3 N–H and O–H groups in total. The van der Waals surface area contributed by atoms with Crippen LogP contribution in [0.1, 0.15) is 38.1 Å². The van der Waals surface area contributed by atoms with Gasteiger partial charge in [0.1, 0.15) is 16.5 Å². The molecule has 14 heteroatoms. The third-order valence-corrected chi connectivity index (χ3v) is 5.81. The number of alkyl halides is 3. The fourth-order valence-corrected chi connectivity index (χ4v) is 4.23. The van der Waals surface area contributed by atoms with E-state index in [4.69, 9.17) is 9.90 Å². The maximum Gasteiger partial charge on any atom is 0.490 e. The Kier molecular flexibility index (Phi) is 10.9. The standard InChI is InChI=1S/C21H26F2N2O4S.C2HF3O2/c1-13(2)11-25(12-14(3)4)19-8-6-16(10-17(19)21(26)27)24-30(28,29)20-9-15(22)5-7-18(20)23;3-2(4,5)1(6)7/h5-10,13-14,24H,11-12H2,1-4H3,(H,26,27);(H,6,7). The average molecular weight is 555 g/mol. The van der Waals surface area contributed by atoms with Crippen LogP contribution >= 0.6 is 0 Å². The molecule has 0 aromatic heterocycles. The van der Waals surface area contributed by atoms with Crippen LogP contribution in [0.15, 0.2) is 41.3 Å². The second kappa shape index (κ2) is 12.7. The predicted molar refractivity (Wildman–Crippen MR) is 126 cm³/mol. The maximum absolute atomic E-state index is 13.9. The Hall–Kier alpha value is -3.42. The summed E-state index contributed by atoms with van der Waals surface area (Å²) in [6.45, 7) is 9.32. The summed E-state index contributed by atoms with van der Waals surface area (Å²) >= 11 is 0. The van der Waals surface area contributed by atoms with E-state index in [1.165, 1.54) is 18.2 Å². The van der Waals surface area contributed by atoms with E-state index >= 15 is 0 Å². The lowest BCUT2D eigenvalue weighted by Crippen LogP contribution is -2.32. The van der Waals surface area contributed by atoms with E-state index in [0.717, 1.165) is 6.07 Å². The molecule has 0 saturated heterocycles. The SMILES string of the molecule is CC(C)CN(CC(C)C)c1ccc(NS(=O)(=O)c2cc(F)ccc2F)cc1C(=O)O.O=C(O)C(F)(F)F. The van der Waals surface area contributed by atoms with Gasteiger partial charge in [-0.15, -0.1) is 0 Å². The molecular formula is C23H27F5N2O6S. The number of rotatable bonds is 9. The molecule has 8 nitrogen and oxygen atoms in total. The Morgan fingerprint density at radius 2 is 1.46 bits per heavy atom. The van der Waals surface area contributed by atoms with Gasteiger partial charge in [0, 0.05) is 18.8 Å². The summed E-state index contributed by atoms with van der Waals surface area (Å²) in [6.07, 6.45) is -5.08. The quantitative estimate of drug-likeness (QED) is 0.363. The number of hydrogen-bond donors (Lipinski definition) is 3. The van der Waals surface area contributed by atoms with Crippen LogP contribution in [0.25, 0.3) is 0 Å². The first-order chi connectivity index (χ1) is 16.8. The van der Waals surface area contributed by atoms with Crippen molar-refractivity contribution in [2.75, 3.05) is 22.7 Å². The van der Waals surface area contributed by atoms with E-state index in [2.05, 4.69) is 4.72 Å². The second-order valence-corrected chi connectivity index (χ2v) is 10.4. The number of carboxylic acids is 2. The number of hydrogen-bond acceptors (Lipinski definition) is 5. The number of benzene rings is 2. The van der Waals surface area contributed by atoms with E-state index in [-0.39, 0.29) is 23.1 Å². The molecule has 0 heterocycles. The average Bonchev–Trinajstić information content (AvgIpc) is 2.73. The molecule has 0 atom stereocenters. The first-order valence-electron chi connectivity index (χ1n) is 10.7. The Labute approximate surface area is 210 Å². The molecule has 0 radical (unpaired) electrons. The summed E-state index contributed by atoms with van der Waals surface area (Å²) in [5, 5.41) is 16.8. The molecule has 0 amide bonds. The lowest BCUT2D eigenvalue weighted by molar-refractivity contribution is -0.192. The molecule has 0 saturated carbocycles. The fraction of sp³-hybridized carbons (Fsp3) is 0.391. The van der Waals surface area contributed by atoms with Gasteiger partial charge in [-0.25, -0.2) is 26.8 Å². The summed E-state index contributed by atoms with van der Waals surface area (Å²) < 4.78 is 86.1. The third kappa shape index (κ3) is 9.86. The van der Waals surface area contributed by atoms with Crippen molar-refractivity contribution in [2.45, 2.75) is 38.8 Å². The minimum atomic E-state index is -5.08. The normalized spacial score (nSPS) is 11.6. The molecule has 0 aliphatic carbocycles. The molecule has 2 aromatic carbocycles. The number of anilines is 2. The van der Waals surface area contributed by atoms with Crippen LogP contribution < -0.4 is 9.62 Å². The van der Waals surface area contributed by atoms with E-state index in [9.17, 15) is 40.3 Å². The zero-order valence-electron chi connectivity index (χ0n) is 20.3. The highest BCUT2D eigenvalue weighted by molar-refractivity contribution is 7.92. The summed E-state index contributed by atoms with van der Waals surface area (Å²) in [6, 6.07) is 6.20. The summed E-state index contributed by atoms with van der Waals surface area (Å²) in [5.74, 6) is -5.44. The monoisotopic (exact) mass is 554 g/mol. The first-order valence-corrected chi connectivity index (χ1v) is 12.2. The van der Waals surface area contributed by atoms with Crippen molar-refractivity contribution in [3.05, 3.63) is 53.6 Å². The van der Waals surface area contributed by atoms with E-state index in [1.807, 2.05) is 32.6 Å². The maximum atomic E-state index is 13.9. The summed E-state index contributed by atoms with van der Waals surface area (Å²) in [7, 11) is -4.45. The van der Waals surface area contributed by atoms with Gasteiger partial charge in [-0.3, -0.25) is 4.72 Å². The number of halogens is 5. The van der Waals surface area contributed by atoms with Crippen molar-refractivity contribution in [1.82, 2.24) is 0 Å². The first kappa shape index (κ1) is 31.6. The molecule has 2 rings (SSSR count). The molecule has 37 heavy (non-hydrogen) atoms. The third-order valence-electron chi connectivity index (χ3n) is 4.42. The van der Waals surface area contributed by atoms with Crippen LogP contribution in [0, 0.1) is 23.5 Å². The van der Waals surface area contributed by atoms with Gasteiger partial charge in [0.15, 0.2) is 0 Å². The van der Waals surface area contributed by atoms with Crippen LogP contribution in [0.2, 0.25) is 0 Å². The molecule has 0 aliphatic rings. The Bertz CT molecular complexity index is 1210. The van der Waals surface area contributed by atoms with Gasteiger partial charge in [0.05, 0.1) is 11.3 Å². The number of carboxylic acid groups (broad SMARTS) is 2. The number of aromatic carboxylic acids is 1. The number of nitrogens with one attached hydrogen (secondary N) is 1. The Morgan fingerprint density at radius 3 is 1.89 bits per heavy atom. The minimum Gasteiger partial charge on any atom is -0.478 e. The van der Waals surface area contributed by atoms with Crippen molar-refractivity contribution in [1.29, 1.82) is 0 Å². The number of sulfonamides is 1. The molecule has 0 bridgehead atoms. The van der Waals surface area contributed by atoms with Crippen molar-refractivity contribution >= 4 is 33.3 Å². The van der Waals surface area contributed by atoms with Gasteiger partial charge in [-0.1, -0.05) is 27.7 Å². The van der Waals surface area contributed by atoms with Crippen LogP contribution in [-0.2, 0) is 14.8 Å².